The van der Waals surface area contributed by atoms with Crippen molar-refractivity contribution in [3.63, 3.8) is 0 Å². The van der Waals surface area contributed by atoms with Crippen LogP contribution in [-0.4, -0.2) is 41.7 Å². The van der Waals surface area contributed by atoms with Crippen LogP contribution in [-0.2, 0) is 4.79 Å². The lowest BCUT2D eigenvalue weighted by molar-refractivity contribution is -0.141. The summed E-state index contributed by atoms with van der Waals surface area (Å²) < 4.78 is 0. The van der Waals surface area contributed by atoms with Gasteiger partial charge < -0.3 is 15.7 Å². The lowest BCUT2D eigenvalue weighted by atomic mass is 10.0. The fraction of sp³-hybridized carbons (Fsp3) is 0.818. The summed E-state index contributed by atoms with van der Waals surface area (Å²) in [6.45, 7) is 3.89. The van der Waals surface area contributed by atoms with Crippen LogP contribution in [0.25, 0.3) is 0 Å². The van der Waals surface area contributed by atoms with Crippen molar-refractivity contribution in [1.82, 2.24) is 10.6 Å². The van der Waals surface area contributed by atoms with Crippen molar-refractivity contribution in [2.24, 2.45) is 5.92 Å². The molecule has 0 heterocycles. The predicted octanol–water partition coefficient (Wildman–Crippen LogP) is 1.54. The van der Waals surface area contributed by atoms with Crippen LogP contribution < -0.4 is 10.6 Å². The molecule has 0 rings (SSSR count). The van der Waals surface area contributed by atoms with Gasteiger partial charge in [0.05, 0.1) is 5.92 Å². The maximum atomic E-state index is 11.4. The third-order valence-electron chi connectivity index (χ3n) is 2.56. The molecule has 0 aliphatic rings. The largest absolute Gasteiger partial charge is 0.481 e. The molecule has 0 aromatic heterocycles. The van der Waals surface area contributed by atoms with Gasteiger partial charge in [-0.25, -0.2) is 4.79 Å². The number of hydrogen-bond acceptors (Lipinski definition) is 3. The Hall–Kier alpha value is -0.910. The number of hydrogen-bond donors (Lipinski definition) is 3. The summed E-state index contributed by atoms with van der Waals surface area (Å²) in [5.74, 6) is -0.398. The zero-order valence-corrected chi connectivity index (χ0v) is 11.5. The van der Waals surface area contributed by atoms with Gasteiger partial charge in [-0.05, 0) is 38.7 Å². The number of thioether (sulfide) groups is 1. The van der Waals surface area contributed by atoms with Crippen LogP contribution in [0.3, 0.4) is 0 Å². The lowest BCUT2D eigenvalue weighted by Crippen LogP contribution is -2.45. The highest BCUT2D eigenvalue weighted by atomic mass is 32.2. The first-order valence-electron chi connectivity index (χ1n) is 5.75. The summed E-state index contributed by atoms with van der Waals surface area (Å²) in [6, 6.07) is -0.673. The number of nitrogens with one attached hydrogen (secondary N) is 2. The first-order valence-corrected chi connectivity index (χ1v) is 7.14. The molecular weight excluding hydrogens is 240 g/mol. The average molecular weight is 262 g/mol. The highest BCUT2D eigenvalue weighted by molar-refractivity contribution is 7.98. The standard InChI is InChI=1S/C11H22N2O3S/c1-8(10(14)15)9(2)13-11(16)12-6-4-5-7-17-3/h8-9H,4-7H2,1-3H3,(H,14,15)(H2,12,13,16). The number of carbonyl (C=O) groups is 2. The number of unbranched alkanes of at least 4 members (excludes halogenated alkanes) is 1. The molecule has 2 unspecified atom stereocenters. The normalized spacial score (nSPS) is 13.8. The Morgan fingerprint density at radius 2 is 1.94 bits per heavy atom. The van der Waals surface area contributed by atoms with Crippen LogP contribution in [0.4, 0.5) is 4.79 Å². The van der Waals surface area contributed by atoms with Crippen LogP contribution in [0, 0.1) is 5.92 Å². The van der Waals surface area contributed by atoms with E-state index in [-0.39, 0.29) is 12.1 Å². The van der Waals surface area contributed by atoms with Gasteiger partial charge in [0.1, 0.15) is 0 Å². The summed E-state index contributed by atoms with van der Waals surface area (Å²) in [7, 11) is 0. The fourth-order valence-corrected chi connectivity index (χ4v) is 1.66. The van der Waals surface area contributed by atoms with E-state index in [1.165, 1.54) is 0 Å². The predicted molar refractivity (Wildman–Crippen MR) is 70.4 cm³/mol. The molecule has 0 aliphatic heterocycles. The topological polar surface area (TPSA) is 78.4 Å². The Morgan fingerprint density at radius 3 is 2.47 bits per heavy atom. The van der Waals surface area contributed by atoms with E-state index in [9.17, 15) is 9.59 Å². The van der Waals surface area contributed by atoms with Crippen molar-refractivity contribution < 1.29 is 14.7 Å². The SMILES string of the molecule is CSCCCCNC(=O)NC(C)C(C)C(=O)O. The van der Waals surface area contributed by atoms with Gasteiger partial charge in [-0.2, -0.15) is 11.8 Å². The number of amides is 2. The molecule has 17 heavy (non-hydrogen) atoms. The van der Waals surface area contributed by atoms with Crippen molar-refractivity contribution in [3.05, 3.63) is 0 Å². The maximum absolute atomic E-state index is 11.4. The average Bonchev–Trinajstić information content (AvgIpc) is 2.27. The minimum Gasteiger partial charge on any atom is -0.481 e. The van der Waals surface area contributed by atoms with Crippen molar-refractivity contribution >= 4 is 23.8 Å². The highest BCUT2D eigenvalue weighted by Crippen LogP contribution is 2.02. The molecule has 0 aromatic rings. The Kier molecular flexibility index (Phi) is 8.66. The van der Waals surface area contributed by atoms with Gasteiger partial charge in [0.2, 0.25) is 0 Å². The van der Waals surface area contributed by atoms with Crippen molar-refractivity contribution in [2.75, 3.05) is 18.6 Å². The maximum Gasteiger partial charge on any atom is 0.315 e. The monoisotopic (exact) mass is 262 g/mol. The molecule has 0 spiro atoms. The van der Waals surface area contributed by atoms with Gasteiger partial charge in [0, 0.05) is 12.6 Å². The molecule has 0 saturated carbocycles. The molecule has 0 bridgehead atoms. The van der Waals surface area contributed by atoms with Gasteiger partial charge >= 0.3 is 12.0 Å². The zero-order valence-electron chi connectivity index (χ0n) is 10.7. The molecule has 0 aliphatic carbocycles. The second-order valence-corrected chi connectivity index (χ2v) is 5.00. The van der Waals surface area contributed by atoms with Crippen molar-refractivity contribution in [3.8, 4) is 0 Å². The third kappa shape index (κ3) is 7.90. The molecule has 2 atom stereocenters. The zero-order chi connectivity index (χ0) is 13.3. The van der Waals surface area contributed by atoms with E-state index >= 15 is 0 Å². The Balaban J connectivity index is 3.67. The van der Waals surface area contributed by atoms with Crippen molar-refractivity contribution in [2.45, 2.75) is 32.7 Å². The van der Waals surface area contributed by atoms with Crippen LogP contribution in [0.5, 0.6) is 0 Å². The quantitative estimate of drug-likeness (QED) is 0.580. The molecule has 0 aromatic carbocycles. The fourth-order valence-electron chi connectivity index (χ4n) is 1.17. The molecule has 5 nitrogen and oxygen atoms in total. The number of carboxylic acids is 1. The number of carbonyl (C=O) groups excluding carboxylic acids is 1. The summed E-state index contributed by atoms with van der Waals surface area (Å²) in [5, 5.41) is 14.1. The minimum atomic E-state index is -0.905. The van der Waals surface area contributed by atoms with E-state index in [0.717, 1.165) is 18.6 Å². The molecule has 3 N–H and O–H groups in total. The smallest absolute Gasteiger partial charge is 0.315 e. The molecule has 0 radical (unpaired) electrons. The number of urea groups is 1. The molecule has 6 heteroatoms. The Labute approximate surface area is 107 Å². The molecule has 0 saturated heterocycles. The van der Waals surface area contributed by atoms with E-state index in [1.807, 2.05) is 0 Å². The van der Waals surface area contributed by atoms with Gasteiger partial charge in [0.15, 0.2) is 0 Å². The second kappa shape index (κ2) is 9.15. The molecular formula is C11H22N2O3S. The van der Waals surface area contributed by atoms with Gasteiger partial charge in [0.25, 0.3) is 0 Å². The molecule has 100 valence electrons. The Morgan fingerprint density at radius 1 is 1.29 bits per heavy atom. The lowest BCUT2D eigenvalue weighted by Gasteiger charge is -2.18. The van der Waals surface area contributed by atoms with Crippen LogP contribution >= 0.6 is 11.8 Å². The van der Waals surface area contributed by atoms with Crippen LogP contribution in [0.1, 0.15) is 26.7 Å². The van der Waals surface area contributed by atoms with Gasteiger partial charge in [-0.3, -0.25) is 4.79 Å². The van der Waals surface area contributed by atoms with Crippen LogP contribution in [0.15, 0.2) is 0 Å². The first-order chi connectivity index (χ1) is 7.99. The molecule has 2 amide bonds. The van der Waals surface area contributed by atoms with E-state index < -0.39 is 11.9 Å². The van der Waals surface area contributed by atoms with E-state index in [2.05, 4.69) is 16.9 Å². The Bertz CT molecular complexity index is 249. The van der Waals surface area contributed by atoms with Crippen molar-refractivity contribution in [1.29, 1.82) is 0 Å². The van der Waals surface area contributed by atoms with Crippen LogP contribution in [0.2, 0.25) is 0 Å². The number of carboxylic acid groups (broad SMARTS) is 1. The number of rotatable bonds is 8. The van der Waals surface area contributed by atoms with E-state index in [0.29, 0.717) is 6.54 Å². The van der Waals surface area contributed by atoms with E-state index in [1.54, 1.807) is 25.6 Å². The first kappa shape index (κ1) is 16.1. The summed E-state index contributed by atoms with van der Waals surface area (Å²) in [4.78, 5) is 22.1. The third-order valence-corrected chi connectivity index (χ3v) is 3.26. The van der Waals surface area contributed by atoms with Gasteiger partial charge in [-0.15, -0.1) is 0 Å². The van der Waals surface area contributed by atoms with Gasteiger partial charge in [-0.1, -0.05) is 0 Å². The minimum absolute atomic E-state index is 0.297. The molecule has 0 fully saturated rings. The summed E-state index contributed by atoms with van der Waals surface area (Å²) in [5.41, 5.74) is 0. The highest BCUT2D eigenvalue weighted by Gasteiger charge is 2.20. The second-order valence-electron chi connectivity index (χ2n) is 4.02. The van der Waals surface area contributed by atoms with E-state index in [4.69, 9.17) is 5.11 Å². The summed E-state index contributed by atoms with van der Waals surface area (Å²) >= 11 is 1.78. The number of aliphatic carboxylic acids is 1. The summed E-state index contributed by atoms with van der Waals surface area (Å²) in [6.07, 6.45) is 4.06.